The van der Waals surface area contributed by atoms with E-state index in [9.17, 15) is 9.59 Å². The maximum Gasteiger partial charge on any atom is 0.338 e. The minimum Gasteiger partial charge on any atom is -0.478 e. The van der Waals surface area contributed by atoms with Crippen molar-refractivity contribution in [3.63, 3.8) is 0 Å². The van der Waals surface area contributed by atoms with Crippen molar-refractivity contribution in [2.45, 2.75) is 6.92 Å². The molecule has 0 unspecified atom stereocenters. The molecule has 1 aromatic rings. The summed E-state index contributed by atoms with van der Waals surface area (Å²) >= 11 is 0. The maximum absolute atomic E-state index is 11.5. The number of carboxylic acids is 1. The van der Waals surface area contributed by atoms with Gasteiger partial charge in [0.2, 0.25) is 5.91 Å². The van der Waals surface area contributed by atoms with E-state index in [1.165, 1.54) is 6.07 Å². The standard InChI is InChI=1S/C12H16N2O4/c1-8-3-2-4-9(11(8)12(16)17)14-10(15)7-18-6-5-13/h2-4H,5-7,13H2,1H3,(H,14,15)(H,16,17). The number of hydrogen-bond acceptors (Lipinski definition) is 4. The minimum absolute atomic E-state index is 0.0877. The fraction of sp³-hybridized carbons (Fsp3) is 0.333. The molecular formula is C12H16N2O4. The van der Waals surface area contributed by atoms with Gasteiger partial charge in [0.1, 0.15) is 6.61 Å². The van der Waals surface area contributed by atoms with E-state index in [1.807, 2.05) is 0 Å². The summed E-state index contributed by atoms with van der Waals surface area (Å²) in [5, 5.41) is 11.6. The van der Waals surface area contributed by atoms with Gasteiger partial charge >= 0.3 is 5.97 Å². The van der Waals surface area contributed by atoms with Gasteiger partial charge in [-0.15, -0.1) is 0 Å². The van der Waals surface area contributed by atoms with E-state index in [0.717, 1.165) is 0 Å². The lowest BCUT2D eigenvalue weighted by Crippen LogP contribution is -2.22. The Morgan fingerprint density at radius 3 is 2.78 bits per heavy atom. The quantitative estimate of drug-likeness (QED) is 0.644. The van der Waals surface area contributed by atoms with E-state index in [4.69, 9.17) is 15.6 Å². The molecule has 0 radical (unpaired) electrons. The molecule has 6 heteroatoms. The Kier molecular flexibility index (Phi) is 5.29. The fourth-order valence-corrected chi connectivity index (χ4v) is 1.49. The van der Waals surface area contributed by atoms with Gasteiger partial charge in [-0.3, -0.25) is 4.79 Å². The summed E-state index contributed by atoms with van der Waals surface area (Å²) in [6, 6.07) is 4.89. The maximum atomic E-state index is 11.5. The number of aryl methyl sites for hydroxylation is 1. The van der Waals surface area contributed by atoms with Gasteiger partial charge in [-0.25, -0.2) is 4.79 Å². The molecule has 18 heavy (non-hydrogen) atoms. The largest absolute Gasteiger partial charge is 0.478 e. The Labute approximate surface area is 105 Å². The van der Waals surface area contributed by atoms with Crippen molar-refractivity contribution in [3.05, 3.63) is 29.3 Å². The zero-order valence-electron chi connectivity index (χ0n) is 10.1. The fourth-order valence-electron chi connectivity index (χ4n) is 1.49. The monoisotopic (exact) mass is 252 g/mol. The van der Waals surface area contributed by atoms with Gasteiger partial charge in [0, 0.05) is 6.54 Å². The molecule has 1 amide bonds. The number of benzene rings is 1. The van der Waals surface area contributed by atoms with E-state index < -0.39 is 11.9 Å². The molecule has 6 nitrogen and oxygen atoms in total. The number of nitrogens with one attached hydrogen (secondary N) is 1. The van der Waals surface area contributed by atoms with Crippen molar-refractivity contribution in [3.8, 4) is 0 Å². The van der Waals surface area contributed by atoms with E-state index in [2.05, 4.69) is 5.32 Å². The summed E-state index contributed by atoms with van der Waals surface area (Å²) in [5.74, 6) is -1.48. The molecule has 4 N–H and O–H groups in total. The molecule has 0 aliphatic carbocycles. The van der Waals surface area contributed by atoms with Crippen molar-refractivity contribution in [1.82, 2.24) is 0 Å². The Morgan fingerprint density at radius 1 is 1.44 bits per heavy atom. The molecule has 0 saturated heterocycles. The Hall–Kier alpha value is -1.92. The lowest BCUT2D eigenvalue weighted by molar-refractivity contribution is -0.120. The first-order chi connectivity index (χ1) is 8.56. The van der Waals surface area contributed by atoms with Crippen molar-refractivity contribution in [2.75, 3.05) is 25.1 Å². The van der Waals surface area contributed by atoms with Gasteiger partial charge in [0.25, 0.3) is 0 Å². The molecule has 98 valence electrons. The Morgan fingerprint density at radius 2 is 2.17 bits per heavy atom. The number of aromatic carboxylic acids is 1. The van der Waals surface area contributed by atoms with Crippen molar-refractivity contribution in [2.24, 2.45) is 5.73 Å². The zero-order chi connectivity index (χ0) is 13.5. The number of carbonyl (C=O) groups excluding carboxylic acids is 1. The number of nitrogens with two attached hydrogens (primary N) is 1. The predicted octanol–water partition coefficient (Wildman–Crippen LogP) is 0.607. The molecular weight excluding hydrogens is 236 g/mol. The van der Waals surface area contributed by atoms with Crippen LogP contribution in [0.5, 0.6) is 0 Å². The van der Waals surface area contributed by atoms with Gasteiger partial charge in [-0.05, 0) is 18.6 Å². The van der Waals surface area contributed by atoms with Crippen LogP contribution in [0.2, 0.25) is 0 Å². The molecule has 0 bridgehead atoms. The van der Waals surface area contributed by atoms with Crippen LogP contribution >= 0.6 is 0 Å². The average molecular weight is 252 g/mol. The molecule has 1 rings (SSSR count). The first kappa shape index (κ1) is 14.1. The molecule has 0 aliphatic rings. The van der Waals surface area contributed by atoms with E-state index >= 15 is 0 Å². The summed E-state index contributed by atoms with van der Waals surface area (Å²) in [5.41, 5.74) is 6.16. The molecule has 0 fully saturated rings. The topological polar surface area (TPSA) is 102 Å². The number of anilines is 1. The molecule has 0 spiro atoms. The second-order valence-electron chi connectivity index (χ2n) is 3.69. The van der Waals surface area contributed by atoms with Crippen LogP contribution in [0.25, 0.3) is 0 Å². The minimum atomic E-state index is -1.08. The summed E-state index contributed by atoms with van der Waals surface area (Å²) < 4.78 is 4.96. The summed E-state index contributed by atoms with van der Waals surface area (Å²) in [7, 11) is 0. The number of amides is 1. The average Bonchev–Trinajstić information content (AvgIpc) is 2.28. The third kappa shape index (κ3) is 3.83. The van der Waals surface area contributed by atoms with Crippen LogP contribution in [0.3, 0.4) is 0 Å². The SMILES string of the molecule is Cc1cccc(NC(=O)COCCN)c1C(=O)O. The number of hydrogen-bond donors (Lipinski definition) is 3. The van der Waals surface area contributed by atoms with Crippen LogP contribution < -0.4 is 11.1 Å². The van der Waals surface area contributed by atoms with Crippen molar-refractivity contribution < 1.29 is 19.4 Å². The molecule has 1 aromatic carbocycles. The number of carboxylic acid groups (broad SMARTS) is 1. The van der Waals surface area contributed by atoms with Crippen LogP contribution in [0.15, 0.2) is 18.2 Å². The Balaban J connectivity index is 2.75. The van der Waals surface area contributed by atoms with Crippen molar-refractivity contribution in [1.29, 1.82) is 0 Å². The molecule has 0 aromatic heterocycles. The van der Waals surface area contributed by atoms with Crippen LogP contribution in [-0.2, 0) is 9.53 Å². The summed E-state index contributed by atoms with van der Waals surface area (Å²) in [6.07, 6.45) is 0. The number of rotatable bonds is 6. The predicted molar refractivity (Wildman–Crippen MR) is 66.6 cm³/mol. The van der Waals surface area contributed by atoms with Crippen LogP contribution in [0.4, 0.5) is 5.69 Å². The van der Waals surface area contributed by atoms with E-state index in [-0.39, 0.29) is 24.5 Å². The van der Waals surface area contributed by atoms with Crippen LogP contribution in [0, 0.1) is 6.92 Å². The third-order valence-corrected chi connectivity index (χ3v) is 2.26. The number of carbonyl (C=O) groups is 2. The summed E-state index contributed by atoms with van der Waals surface area (Å²) in [6.45, 7) is 2.14. The van der Waals surface area contributed by atoms with Gasteiger partial charge < -0.3 is 20.9 Å². The highest BCUT2D eigenvalue weighted by atomic mass is 16.5. The highest BCUT2D eigenvalue weighted by Crippen LogP contribution is 2.19. The normalized spacial score (nSPS) is 10.1. The number of ether oxygens (including phenoxy) is 1. The first-order valence-corrected chi connectivity index (χ1v) is 5.47. The van der Waals surface area contributed by atoms with Gasteiger partial charge in [-0.2, -0.15) is 0 Å². The van der Waals surface area contributed by atoms with E-state index in [0.29, 0.717) is 12.1 Å². The lowest BCUT2D eigenvalue weighted by Gasteiger charge is -2.10. The van der Waals surface area contributed by atoms with Crippen LogP contribution in [0.1, 0.15) is 15.9 Å². The molecule has 0 heterocycles. The summed E-state index contributed by atoms with van der Waals surface area (Å²) in [4.78, 5) is 22.6. The second kappa shape index (κ2) is 6.73. The van der Waals surface area contributed by atoms with E-state index in [1.54, 1.807) is 19.1 Å². The zero-order valence-corrected chi connectivity index (χ0v) is 10.1. The first-order valence-electron chi connectivity index (χ1n) is 5.47. The van der Waals surface area contributed by atoms with Gasteiger partial charge in [0.05, 0.1) is 17.9 Å². The second-order valence-corrected chi connectivity index (χ2v) is 3.69. The highest BCUT2D eigenvalue weighted by Gasteiger charge is 2.14. The highest BCUT2D eigenvalue weighted by molar-refractivity contribution is 6.01. The lowest BCUT2D eigenvalue weighted by atomic mass is 10.1. The van der Waals surface area contributed by atoms with Gasteiger partial charge in [-0.1, -0.05) is 12.1 Å². The molecule has 0 saturated carbocycles. The Bertz CT molecular complexity index is 446. The van der Waals surface area contributed by atoms with Gasteiger partial charge in [0.15, 0.2) is 0 Å². The molecule has 0 aliphatic heterocycles. The smallest absolute Gasteiger partial charge is 0.338 e. The molecule has 0 atom stereocenters. The van der Waals surface area contributed by atoms with Crippen LogP contribution in [-0.4, -0.2) is 36.7 Å². The third-order valence-electron chi connectivity index (χ3n) is 2.26. The van der Waals surface area contributed by atoms with Crippen molar-refractivity contribution >= 4 is 17.6 Å².